The van der Waals surface area contributed by atoms with Crippen LogP contribution in [0.3, 0.4) is 0 Å². The van der Waals surface area contributed by atoms with E-state index in [1.54, 1.807) is 19.4 Å². The molecule has 7 heteroatoms. The fourth-order valence-electron chi connectivity index (χ4n) is 1.58. The van der Waals surface area contributed by atoms with Gasteiger partial charge in [0.15, 0.2) is 0 Å². The predicted molar refractivity (Wildman–Crippen MR) is 75.0 cm³/mol. The highest BCUT2D eigenvalue weighted by atomic mass is 32.2. The fraction of sp³-hybridized carbons (Fsp3) is 0.667. The lowest BCUT2D eigenvalue weighted by molar-refractivity contribution is 0.257. The second-order valence-electron chi connectivity index (χ2n) is 4.96. The van der Waals surface area contributed by atoms with Gasteiger partial charge < -0.3 is 4.42 Å². The van der Waals surface area contributed by atoms with E-state index in [9.17, 15) is 8.42 Å². The first kappa shape index (κ1) is 16.2. The highest BCUT2D eigenvalue weighted by molar-refractivity contribution is 7.87. The number of furan rings is 1. The van der Waals surface area contributed by atoms with Crippen LogP contribution in [0, 0.1) is 0 Å². The molecule has 1 aromatic rings. The van der Waals surface area contributed by atoms with E-state index in [0.717, 1.165) is 5.76 Å². The zero-order valence-electron chi connectivity index (χ0n) is 12.1. The van der Waals surface area contributed by atoms with Crippen molar-refractivity contribution < 1.29 is 12.8 Å². The van der Waals surface area contributed by atoms with Crippen LogP contribution in [0.25, 0.3) is 0 Å². The van der Waals surface area contributed by atoms with Gasteiger partial charge in [-0.2, -0.15) is 12.7 Å². The van der Waals surface area contributed by atoms with Gasteiger partial charge in [-0.25, -0.2) is 4.72 Å². The Balaban J connectivity index is 2.73. The zero-order chi connectivity index (χ0) is 14.6. The van der Waals surface area contributed by atoms with Crippen LogP contribution < -0.4 is 4.72 Å². The normalized spacial score (nSPS) is 14.5. The van der Waals surface area contributed by atoms with Crippen molar-refractivity contribution in [3.8, 4) is 0 Å². The molecule has 6 nitrogen and oxygen atoms in total. The third-order valence-electron chi connectivity index (χ3n) is 3.06. The maximum atomic E-state index is 12.0. The molecule has 1 rings (SSSR count). The van der Waals surface area contributed by atoms with E-state index in [-0.39, 0.29) is 18.6 Å². The number of rotatable bonds is 7. The number of likely N-dealkylation sites (N-methyl/N-ethyl adjacent to an activating group) is 1. The first-order chi connectivity index (χ1) is 8.75. The minimum Gasteiger partial charge on any atom is -0.468 e. The summed E-state index contributed by atoms with van der Waals surface area (Å²) in [6.45, 7) is 3.92. The van der Waals surface area contributed by atoms with Crippen molar-refractivity contribution in [1.82, 2.24) is 13.9 Å². The van der Waals surface area contributed by atoms with Crippen molar-refractivity contribution in [3.05, 3.63) is 24.2 Å². The Bertz CT molecular complexity index is 468. The maximum absolute atomic E-state index is 12.0. The first-order valence-electron chi connectivity index (χ1n) is 6.18. The predicted octanol–water partition coefficient (Wildman–Crippen LogP) is 1.06. The molecule has 0 aliphatic heterocycles. The van der Waals surface area contributed by atoms with E-state index in [2.05, 4.69) is 4.72 Å². The molecule has 0 radical (unpaired) electrons. The zero-order valence-corrected chi connectivity index (χ0v) is 12.9. The van der Waals surface area contributed by atoms with E-state index in [4.69, 9.17) is 4.42 Å². The molecule has 0 spiro atoms. The minimum atomic E-state index is -3.46. The van der Waals surface area contributed by atoms with Gasteiger partial charge in [0.1, 0.15) is 5.76 Å². The molecule has 0 saturated carbocycles. The number of hydrogen-bond acceptors (Lipinski definition) is 4. The van der Waals surface area contributed by atoms with Crippen LogP contribution in [0.15, 0.2) is 22.8 Å². The molecule has 110 valence electrons. The van der Waals surface area contributed by atoms with Crippen LogP contribution >= 0.6 is 0 Å². The summed E-state index contributed by atoms with van der Waals surface area (Å²) >= 11 is 0. The molecule has 0 bridgehead atoms. The molecule has 0 amide bonds. The van der Waals surface area contributed by atoms with Crippen molar-refractivity contribution in [2.45, 2.75) is 25.9 Å². The van der Waals surface area contributed by atoms with Crippen LogP contribution in [0.5, 0.6) is 0 Å². The fourth-order valence-corrected chi connectivity index (χ4v) is 2.71. The van der Waals surface area contributed by atoms with Gasteiger partial charge in [0, 0.05) is 19.6 Å². The molecular weight excluding hydrogens is 266 g/mol. The highest BCUT2D eigenvalue weighted by Crippen LogP contribution is 2.18. The van der Waals surface area contributed by atoms with Gasteiger partial charge in [0.2, 0.25) is 0 Å². The Morgan fingerprint density at radius 1 is 1.32 bits per heavy atom. The number of nitrogens with one attached hydrogen (secondary N) is 1. The number of nitrogens with zero attached hydrogens (tertiary/aromatic N) is 2. The lowest BCUT2D eigenvalue weighted by Crippen LogP contribution is -2.44. The molecule has 0 aliphatic carbocycles. The van der Waals surface area contributed by atoms with Crippen molar-refractivity contribution >= 4 is 10.2 Å². The Hall–Kier alpha value is -0.890. The monoisotopic (exact) mass is 289 g/mol. The average Bonchev–Trinajstić information content (AvgIpc) is 2.81. The van der Waals surface area contributed by atoms with Crippen molar-refractivity contribution in [2.75, 3.05) is 27.7 Å². The quantitative estimate of drug-likeness (QED) is 0.815. The highest BCUT2D eigenvalue weighted by Gasteiger charge is 2.24. The Morgan fingerprint density at radius 3 is 2.37 bits per heavy atom. The van der Waals surface area contributed by atoms with E-state index in [0.29, 0.717) is 0 Å². The SMILES string of the molecule is CC(C)N(C)S(=O)(=O)NCC(c1ccco1)N(C)C. The van der Waals surface area contributed by atoms with Crippen LogP contribution in [0.2, 0.25) is 0 Å². The summed E-state index contributed by atoms with van der Waals surface area (Å²) in [4.78, 5) is 1.91. The molecule has 1 unspecified atom stereocenters. The Kier molecular flexibility index (Phi) is 5.54. The molecule has 19 heavy (non-hydrogen) atoms. The first-order valence-corrected chi connectivity index (χ1v) is 7.62. The Labute approximate surface area is 115 Å². The summed E-state index contributed by atoms with van der Waals surface area (Å²) in [6.07, 6.45) is 1.58. The number of hydrogen-bond donors (Lipinski definition) is 1. The molecule has 1 heterocycles. The summed E-state index contributed by atoms with van der Waals surface area (Å²) in [5, 5.41) is 0. The standard InChI is InChI=1S/C12H23N3O3S/c1-10(2)15(5)19(16,17)13-9-11(14(3)4)12-7-6-8-18-12/h6-8,10-11,13H,9H2,1-5H3. The van der Waals surface area contributed by atoms with Crippen LogP contribution in [0.1, 0.15) is 25.6 Å². The third kappa shape index (κ3) is 4.31. The minimum absolute atomic E-state index is 0.0843. The second kappa shape index (κ2) is 6.51. The van der Waals surface area contributed by atoms with Crippen molar-refractivity contribution in [3.63, 3.8) is 0 Å². The average molecular weight is 289 g/mol. The third-order valence-corrected chi connectivity index (χ3v) is 4.77. The van der Waals surface area contributed by atoms with Crippen molar-refractivity contribution in [1.29, 1.82) is 0 Å². The Morgan fingerprint density at radius 2 is 1.95 bits per heavy atom. The van der Waals surface area contributed by atoms with E-state index in [1.165, 1.54) is 4.31 Å². The summed E-state index contributed by atoms with van der Waals surface area (Å²) < 4.78 is 33.3. The molecular formula is C12H23N3O3S. The van der Waals surface area contributed by atoms with Gasteiger partial charge in [-0.05, 0) is 40.1 Å². The lowest BCUT2D eigenvalue weighted by Gasteiger charge is -2.26. The summed E-state index contributed by atoms with van der Waals surface area (Å²) in [5.74, 6) is 0.736. The van der Waals surface area contributed by atoms with E-state index in [1.807, 2.05) is 38.9 Å². The molecule has 1 N–H and O–H groups in total. The largest absolute Gasteiger partial charge is 0.468 e. The van der Waals surface area contributed by atoms with Gasteiger partial charge in [0.05, 0.1) is 12.3 Å². The van der Waals surface area contributed by atoms with Crippen LogP contribution in [-0.4, -0.2) is 51.4 Å². The smallest absolute Gasteiger partial charge is 0.279 e. The molecule has 0 saturated heterocycles. The lowest BCUT2D eigenvalue weighted by atomic mass is 10.2. The van der Waals surface area contributed by atoms with Gasteiger partial charge in [-0.1, -0.05) is 0 Å². The van der Waals surface area contributed by atoms with Crippen molar-refractivity contribution in [2.24, 2.45) is 0 Å². The van der Waals surface area contributed by atoms with Crippen LogP contribution in [-0.2, 0) is 10.2 Å². The van der Waals surface area contributed by atoms with Crippen LogP contribution in [0.4, 0.5) is 0 Å². The van der Waals surface area contributed by atoms with E-state index >= 15 is 0 Å². The molecule has 0 aliphatic rings. The molecule has 0 aromatic carbocycles. The summed E-state index contributed by atoms with van der Waals surface area (Å²) in [6, 6.07) is 3.41. The molecule has 1 aromatic heterocycles. The molecule has 1 atom stereocenters. The second-order valence-corrected chi connectivity index (χ2v) is 6.77. The molecule has 0 fully saturated rings. The van der Waals surface area contributed by atoms with Gasteiger partial charge in [-0.15, -0.1) is 0 Å². The van der Waals surface area contributed by atoms with Gasteiger partial charge in [-0.3, -0.25) is 4.90 Å². The topological polar surface area (TPSA) is 65.8 Å². The van der Waals surface area contributed by atoms with Gasteiger partial charge in [0.25, 0.3) is 10.2 Å². The summed E-state index contributed by atoms with van der Waals surface area (Å²) in [7, 11) is 1.86. The van der Waals surface area contributed by atoms with Gasteiger partial charge >= 0.3 is 0 Å². The maximum Gasteiger partial charge on any atom is 0.279 e. The van der Waals surface area contributed by atoms with E-state index < -0.39 is 10.2 Å². The summed E-state index contributed by atoms with van der Waals surface area (Å²) in [5.41, 5.74) is 0.